The fourth-order valence-electron chi connectivity index (χ4n) is 4.68. The lowest BCUT2D eigenvalue weighted by atomic mass is 9.59. The highest BCUT2D eigenvalue weighted by atomic mass is 16.1. The van der Waals surface area contributed by atoms with Crippen molar-refractivity contribution in [2.24, 2.45) is 23.2 Å². The summed E-state index contributed by atoms with van der Waals surface area (Å²) in [6.45, 7) is 9.54. The Balaban J connectivity index is 1.78. The number of carbonyl (C=O) groups excluding carboxylic acids is 1. The Morgan fingerprint density at radius 2 is 1.74 bits per heavy atom. The van der Waals surface area contributed by atoms with Crippen molar-refractivity contribution in [2.45, 2.75) is 65.3 Å². The van der Waals surface area contributed by atoms with Gasteiger partial charge in [-0.2, -0.15) is 0 Å². The van der Waals surface area contributed by atoms with E-state index < -0.39 is 0 Å². The number of rotatable bonds is 1. The first-order valence-corrected chi connectivity index (χ1v) is 8.24. The minimum Gasteiger partial charge on any atom is -0.300 e. The number of ketones is 1. The largest absolute Gasteiger partial charge is 0.300 e. The van der Waals surface area contributed by atoms with E-state index in [1.807, 2.05) is 0 Å². The number of likely N-dealkylation sites (tertiary alicyclic amines) is 1. The van der Waals surface area contributed by atoms with Crippen molar-refractivity contribution < 1.29 is 4.79 Å². The van der Waals surface area contributed by atoms with Crippen molar-refractivity contribution >= 4 is 5.78 Å². The number of fused-ring (bicyclic) bond motifs is 2. The maximum atomic E-state index is 12.6. The van der Waals surface area contributed by atoms with E-state index in [9.17, 15) is 4.79 Å². The van der Waals surface area contributed by atoms with Crippen molar-refractivity contribution in [2.75, 3.05) is 13.1 Å². The maximum Gasteiger partial charge on any atom is 0.140 e. The predicted octanol–water partition coefficient (Wildman–Crippen LogP) is 3.50. The summed E-state index contributed by atoms with van der Waals surface area (Å²) in [5.74, 6) is 2.10. The monoisotopic (exact) mass is 263 g/mol. The van der Waals surface area contributed by atoms with Crippen LogP contribution < -0.4 is 0 Å². The zero-order chi connectivity index (χ0) is 13.6. The number of hydrogen-bond donors (Lipinski definition) is 0. The van der Waals surface area contributed by atoms with Crippen LogP contribution in [0.3, 0.4) is 0 Å². The van der Waals surface area contributed by atoms with Crippen LogP contribution in [0.5, 0.6) is 0 Å². The first kappa shape index (κ1) is 13.6. The zero-order valence-corrected chi connectivity index (χ0v) is 12.8. The molecular weight excluding hydrogens is 234 g/mol. The van der Waals surface area contributed by atoms with Gasteiger partial charge in [0.05, 0.1) is 0 Å². The minimum atomic E-state index is 0.356. The van der Waals surface area contributed by atoms with Gasteiger partial charge in [-0.25, -0.2) is 0 Å². The molecule has 0 spiro atoms. The fraction of sp³-hybridized carbons (Fsp3) is 0.941. The van der Waals surface area contributed by atoms with E-state index in [0.29, 0.717) is 29.1 Å². The molecule has 0 aromatic rings. The van der Waals surface area contributed by atoms with Crippen molar-refractivity contribution in [3.8, 4) is 0 Å². The number of carbonyl (C=O) groups is 1. The van der Waals surface area contributed by atoms with Crippen LogP contribution in [-0.2, 0) is 4.79 Å². The van der Waals surface area contributed by atoms with Gasteiger partial charge >= 0.3 is 0 Å². The van der Waals surface area contributed by atoms with Gasteiger partial charge in [-0.3, -0.25) is 9.69 Å². The van der Waals surface area contributed by atoms with Crippen LogP contribution in [0.2, 0.25) is 0 Å². The van der Waals surface area contributed by atoms with Gasteiger partial charge in [-0.1, -0.05) is 20.8 Å². The summed E-state index contributed by atoms with van der Waals surface area (Å²) >= 11 is 0. The normalized spacial score (nSPS) is 40.7. The summed E-state index contributed by atoms with van der Waals surface area (Å²) in [5, 5.41) is 0. The van der Waals surface area contributed by atoms with Crippen molar-refractivity contribution in [1.82, 2.24) is 4.90 Å². The lowest BCUT2D eigenvalue weighted by Crippen LogP contribution is -2.52. The van der Waals surface area contributed by atoms with Gasteiger partial charge in [0.1, 0.15) is 5.78 Å². The lowest BCUT2D eigenvalue weighted by Gasteiger charge is -2.48. The Hall–Kier alpha value is -0.370. The SMILES string of the molecule is CC(C)(C)C1CC2CCC(N3CCCC3)C(C1)C2=O. The second-order valence-corrected chi connectivity index (χ2v) is 8.13. The number of nitrogens with zero attached hydrogens (tertiary/aromatic N) is 1. The van der Waals surface area contributed by atoms with Crippen LogP contribution in [-0.4, -0.2) is 29.8 Å². The molecule has 0 radical (unpaired) electrons. The van der Waals surface area contributed by atoms with E-state index in [2.05, 4.69) is 25.7 Å². The van der Waals surface area contributed by atoms with E-state index in [1.54, 1.807) is 0 Å². The van der Waals surface area contributed by atoms with Crippen LogP contribution in [0, 0.1) is 23.2 Å². The molecule has 3 fully saturated rings. The van der Waals surface area contributed by atoms with E-state index in [-0.39, 0.29) is 0 Å². The highest BCUT2D eigenvalue weighted by Crippen LogP contribution is 2.47. The lowest BCUT2D eigenvalue weighted by molar-refractivity contribution is -0.139. The Morgan fingerprint density at radius 3 is 2.37 bits per heavy atom. The van der Waals surface area contributed by atoms with E-state index >= 15 is 0 Å². The molecule has 1 aliphatic heterocycles. The molecule has 3 rings (SSSR count). The molecule has 0 aromatic carbocycles. The van der Waals surface area contributed by atoms with Crippen LogP contribution in [0.15, 0.2) is 0 Å². The molecule has 0 amide bonds. The van der Waals surface area contributed by atoms with Gasteiger partial charge < -0.3 is 0 Å². The van der Waals surface area contributed by atoms with Crippen LogP contribution in [0.4, 0.5) is 0 Å². The number of hydrogen-bond acceptors (Lipinski definition) is 2. The van der Waals surface area contributed by atoms with Gasteiger partial charge in [0.25, 0.3) is 0 Å². The first-order chi connectivity index (χ1) is 8.97. The maximum absolute atomic E-state index is 12.6. The third-order valence-electron chi connectivity index (χ3n) is 5.99. The summed E-state index contributed by atoms with van der Waals surface area (Å²) in [7, 11) is 0. The molecule has 4 atom stereocenters. The minimum absolute atomic E-state index is 0.356. The topological polar surface area (TPSA) is 20.3 Å². The van der Waals surface area contributed by atoms with Gasteiger partial charge in [0, 0.05) is 17.9 Å². The first-order valence-electron chi connectivity index (χ1n) is 8.24. The smallest absolute Gasteiger partial charge is 0.140 e. The standard InChI is InChI=1S/C17H29NO/c1-17(2,3)13-10-12-6-7-15(14(11-13)16(12)19)18-8-4-5-9-18/h12-15H,4-11H2,1-3H3. The van der Waals surface area contributed by atoms with Crippen molar-refractivity contribution in [3.63, 3.8) is 0 Å². The van der Waals surface area contributed by atoms with Gasteiger partial charge in [0.15, 0.2) is 0 Å². The molecule has 2 nitrogen and oxygen atoms in total. The van der Waals surface area contributed by atoms with E-state index in [4.69, 9.17) is 0 Å². The number of Topliss-reactive ketones (excluding diaryl/α,β-unsaturated/α-hetero) is 1. The molecular formula is C17H29NO. The summed E-state index contributed by atoms with van der Waals surface area (Å²) in [4.78, 5) is 15.2. The van der Waals surface area contributed by atoms with Crippen molar-refractivity contribution in [3.05, 3.63) is 0 Å². The fourth-order valence-corrected chi connectivity index (χ4v) is 4.68. The molecule has 4 unspecified atom stereocenters. The summed E-state index contributed by atoms with van der Waals surface area (Å²) < 4.78 is 0. The molecule has 2 bridgehead atoms. The highest BCUT2D eigenvalue weighted by Gasteiger charge is 2.48. The van der Waals surface area contributed by atoms with Crippen molar-refractivity contribution in [1.29, 1.82) is 0 Å². The zero-order valence-electron chi connectivity index (χ0n) is 12.8. The van der Waals surface area contributed by atoms with Gasteiger partial charge in [0.2, 0.25) is 0 Å². The Labute approximate surface area is 117 Å². The summed E-state index contributed by atoms with van der Waals surface area (Å²) in [6, 6.07) is 0.580. The van der Waals surface area contributed by atoms with E-state index in [0.717, 1.165) is 25.2 Å². The Bertz CT molecular complexity index is 351. The predicted molar refractivity (Wildman–Crippen MR) is 78.0 cm³/mol. The molecule has 1 saturated heterocycles. The molecule has 0 N–H and O–H groups in total. The molecule has 19 heavy (non-hydrogen) atoms. The second kappa shape index (κ2) is 4.87. The van der Waals surface area contributed by atoms with Crippen LogP contribution in [0.1, 0.15) is 59.3 Å². The average molecular weight is 263 g/mol. The molecule has 108 valence electrons. The van der Waals surface area contributed by atoms with Crippen LogP contribution in [0.25, 0.3) is 0 Å². The molecule has 2 heteroatoms. The highest BCUT2D eigenvalue weighted by molar-refractivity contribution is 5.85. The Morgan fingerprint density at radius 1 is 1.05 bits per heavy atom. The second-order valence-electron chi connectivity index (χ2n) is 8.13. The molecule has 1 heterocycles. The van der Waals surface area contributed by atoms with Gasteiger partial charge in [-0.15, -0.1) is 0 Å². The quantitative estimate of drug-likeness (QED) is 0.721. The van der Waals surface area contributed by atoms with Crippen LogP contribution >= 0.6 is 0 Å². The molecule has 2 saturated carbocycles. The third kappa shape index (κ3) is 2.49. The molecule has 2 aliphatic carbocycles. The summed E-state index contributed by atoms with van der Waals surface area (Å²) in [6.07, 6.45) is 7.42. The molecule has 3 aliphatic rings. The van der Waals surface area contributed by atoms with Gasteiger partial charge in [-0.05, 0) is 62.9 Å². The average Bonchev–Trinajstić information content (AvgIpc) is 2.80. The summed E-state index contributed by atoms with van der Waals surface area (Å²) in [5.41, 5.74) is 0.365. The third-order valence-corrected chi connectivity index (χ3v) is 5.99. The van der Waals surface area contributed by atoms with E-state index in [1.165, 1.54) is 32.4 Å². The Kier molecular flexibility index (Phi) is 3.49. The molecule has 0 aromatic heterocycles.